The third-order valence-corrected chi connectivity index (χ3v) is 2.83. The van der Waals surface area contributed by atoms with Crippen molar-refractivity contribution in [2.24, 2.45) is 5.41 Å². The normalized spacial score (nSPS) is 23.3. The van der Waals surface area contributed by atoms with Crippen LogP contribution in [0.4, 0.5) is 0 Å². The lowest BCUT2D eigenvalue weighted by molar-refractivity contribution is -0.172. The van der Waals surface area contributed by atoms with Crippen LogP contribution >= 0.6 is 0 Å². The number of para-hydroxylation sites is 1. The third-order valence-electron chi connectivity index (χ3n) is 2.83. The fourth-order valence-electron chi connectivity index (χ4n) is 1.99. The van der Waals surface area contributed by atoms with Crippen LogP contribution in [0.5, 0.6) is 5.75 Å². The summed E-state index contributed by atoms with van der Waals surface area (Å²) in [5, 5.41) is 0. The van der Waals surface area contributed by atoms with Crippen LogP contribution < -0.4 is 4.74 Å². The van der Waals surface area contributed by atoms with Crippen molar-refractivity contribution in [3.05, 3.63) is 29.8 Å². The van der Waals surface area contributed by atoms with Gasteiger partial charge in [0.1, 0.15) is 5.75 Å². The first kappa shape index (κ1) is 10.5. The molecule has 2 rings (SSSR count). The second-order valence-electron chi connectivity index (χ2n) is 4.65. The van der Waals surface area contributed by atoms with Crippen LogP contribution in [0, 0.1) is 5.41 Å². The van der Waals surface area contributed by atoms with Crippen LogP contribution in [0.15, 0.2) is 24.3 Å². The zero-order chi connectivity index (χ0) is 10.9. The Hall–Kier alpha value is -1.02. The molecule has 0 spiro atoms. The Kier molecular flexibility index (Phi) is 2.70. The molecule has 1 aromatic carbocycles. The summed E-state index contributed by atoms with van der Waals surface area (Å²) in [6, 6.07) is 8.14. The minimum atomic E-state index is 0.181. The fraction of sp³-hybridized carbons (Fsp3) is 0.538. The highest BCUT2D eigenvalue weighted by Gasteiger charge is 2.42. The van der Waals surface area contributed by atoms with Gasteiger partial charge in [-0.2, -0.15) is 0 Å². The van der Waals surface area contributed by atoms with Crippen molar-refractivity contribution in [3.63, 3.8) is 0 Å². The molecular weight excluding hydrogens is 188 g/mol. The molecule has 0 amide bonds. The first-order valence-electron chi connectivity index (χ1n) is 5.48. The smallest absolute Gasteiger partial charge is 0.125 e. The van der Waals surface area contributed by atoms with Crippen molar-refractivity contribution in [2.45, 2.75) is 26.9 Å². The van der Waals surface area contributed by atoms with Gasteiger partial charge in [-0.05, 0) is 13.0 Å². The van der Waals surface area contributed by atoms with Crippen molar-refractivity contribution in [2.75, 3.05) is 13.2 Å². The van der Waals surface area contributed by atoms with Gasteiger partial charge in [0.15, 0.2) is 0 Å². The van der Waals surface area contributed by atoms with Crippen LogP contribution in [0.2, 0.25) is 0 Å². The van der Waals surface area contributed by atoms with Crippen LogP contribution in [0.25, 0.3) is 0 Å². The molecule has 2 heteroatoms. The summed E-state index contributed by atoms with van der Waals surface area (Å²) in [5.74, 6) is 0.956. The van der Waals surface area contributed by atoms with E-state index in [1.807, 2.05) is 25.1 Å². The van der Waals surface area contributed by atoms with Gasteiger partial charge >= 0.3 is 0 Å². The van der Waals surface area contributed by atoms with E-state index in [2.05, 4.69) is 19.9 Å². The van der Waals surface area contributed by atoms with E-state index in [0.717, 1.165) is 12.4 Å². The number of ether oxygens (including phenoxy) is 2. The number of benzene rings is 1. The molecule has 2 nitrogen and oxygen atoms in total. The zero-order valence-corrected chi connectivity index (χ0v) is 9.62. The molecule has 0 bridgehead atoms. The fourth-order valence-corrected chi connectivity index (χ4v) is 1.99. The molecule has 1 atom stereocenters. The van der Waals surface area contributed by atoms with Crippen LogP contribution in [0.1, 0.15) is 32.4 Å². The van der Waals surface area contributed by atoms with Gasteiger partial charge in [-0.15, -0.1) is 0 Å². The molecule has 0 unspecified atom stereocenters. The maximum absolute atomic E-state index is 5.64. The van der Waals surface area contributed by atoms with Gasteiger partial charge in [-0.3, -0.25) is 0 Å². The first-order chi connectivity index (χ1) is 7.15. The molecule has 1 aliphatic heterocycles. The van der Waals surface area contributed by atoms with Crippen LogP contribution in [-0.4, -0.2) is 13.2 Å². The van der Waals surface area contributed by atoms with Gasteiger partial charge in [0.05, 0.1) is 19.3 Å². The quantitative estimate of drug-likeness (QED) is 0.756. The molecule has 82 valence electrons. The summed E-state index contributed by atoms with van der Waals surface area (Å²) >= 11 is 0. The summed E-state index contributed by atoms with van der Waals surface area (Å²) in [5.41, 5.74) is 1.41. The highest BCUT2D eigenvalue weighted by molar-refractivity contribution is 5.37. The Morgan fingerprint density at radius 1 is 1.40 bits per heavy atom. The van der Waals surface area contributed by atoms with Crippen molar-refractivity contribution < 1.29 is 9.47 Å². The standard InChI is InChI=1S/C13H18O2/c1-4-14-11-8-6-5-7-10(11)12-13(2,3)9-15-12/h5-8,12H,4,9H2,1-3H3/t12-/m1/s1. The van der Waals surface area contributed by atoms with Crippen molar-refractivity contribution in [1.82, 2.24) is 0 Å². The van der Waals surface area contributed by atoms with Crippen LogP contribution in [-0.2, 0) is 4.74 Å². The lowest BCUT2D eigenvalue weighted by atomic mass is 9.78. The van der Waals surface area contributed by atoms with E-state index in [9.17, 15) is 0 Å². The Labute approximate surface area is 91.2 Å². The molecule has 1 saturated heterocycles. The number of hydrogen-bond donors (Lipinski definition) is 0. The van der Waals surface area contributed by atoms with E-state index in [1.165, 1.54) is 5.56 Å². The second kappa shape index (κ2) is 3.86. The molecule has 1 aliphatic rings. The molecule has 0 radical (unpaired) electrons. The molecular formula is C13H18O2. The van der Waals surface area contributed by atoms with Crippen LogP contribution in [0.3, 0.4) is 0 Å². The molecule has 0 N–H and O–H groups in total. The third kappa shape index (κ3) is 1.86. The predicted octanol–water partition coefficient (Wildman–Crippen LogP) is 3.18. The Bertz CT molecular complexity index is 344. The molecule has 1 fully saturated rings. The summed E-state index contributed by atoms with van der Waals surface area (Å²) in [4.78, 5) is 0. The molecule has 1 heterocycles. The molecule has 1 aromatic rings. The maximum atomic E-state index is 5.64. The van der Waals surface area contributed by atoms with Gasteiger partial charge < -0.3 is 9.47 Å². The largest absolute Gasteiger partial charge is 0.493 e. The first-order valence-corrected chi connectivity index (χ1v) is 5.48. The Balaban J connectivity index is 2.27. The van der Waals surface area contributed by atoms with Gasteiger partial charge in [0.2, 0.25) is 0 Å². The topological polar surface area (TPSA) is 18.5 Å². The van der Waals surface area contributed by atoms with Crippen molar-refractivity contribution in [1.29, 1.82) is 0 Å². The zero-order valence-electron chi connectivity index (χ0n) is 9.62. The maximum Gasteiger partial charge on any atom is 0.125 e. The highest BCUT2D eigenvalue weighted by Crippen LogP contribution is 2.48. The highest BCUT2D eigenvalue weighted by atomic mass is 16.5. The molecule has 0 saturated carbocycles. The number of hydrogen-bond acceptors (Lipinski definition) is 2. The summed E-state index contributed by atoms with van der Waals surface area (Å²) in [6.45, 7) is 7.99. The Morgan fingerprint density at radius 3 is 2.67 bits per heavy atom. The summed E-state index contributed by atoms with van der Waals surface area (Å²) in [7, 11) is 0. The summed E-state index contributed by atoms with van der Waals surface area (Å²) in [6.07, 6.45) is 0.181. The SMILES string of the molecule is CCOc1ccccc1[C@H]1OCC1(C)C. The van der Waals surface area contributed by atoms with Gasteiger partial charge in [-0.25, -0.2) is 0 Å². The lowest BCUT2D eigenvalue weighted by Crippen LogP contribution is -2.40. The predicted molar refractivity (Wildman–Crippen MR) is 60.1 cm³/mol. The minimum Gasteiger partial charge on any atom is -0.493 e. The van der Waals surface area contributed by atoms with Gasteiger partial charge in [0, 0.05) is 11.0 Å². The van der Waals surface area contributed by atoms with Crippen molar-refractivity contribution in [3.8, 4) is 5.75 Å². The average molecular weight is 206 g/mol. The molecule has 0 aliphatic carbocycles. The molecule has 0 aromatic heterocycles. The minimum absolute atomic E-state index is 0.181. The van der Waals surface area contributed by atoms with Gasteiger partial charge in [0.25, 0.3) is 0 Å². The van der Waals surface area contributed by atoms with E-state index in [1.54, 1.807) is 0 Å². The lowest BCUT2D eigenvalue weighted by Gasteiger charge is -2.44. The average Bonchev–Trinajstić information content (AvgIpc) is 2.20. The second-order valence-corrected chi connectivity index (χ2v) is 4.65. The van der Waals surface area contributed by atoms with E-state index < -0.39 is 0 Å². The summed E-state index contributed by atoms with van der Waals surface area (Å²) < 4.78 is 11.2. The van der Waals surface area contributed by atoms with Crippen molar-refractivity contribution >= 4 is 0 Å². The van der Waals surface area contributed by atoms with E-state index >= 15 is 0 Å². The van der Waals surface area contributed by atoms with E-state index in [0.29, 0.717) is 6.61 Å². The van der Waals surface area contributed by atoms with E-state index in [4.69, 9.17) is 9.47 Å². The molecule has 15 heavy (non-hydrogen) atoms. The van der Waals surface area contributed by atoms with E-state index in [-0.39, 0.29) is 11.5 Å². The van der Waals surface area contributed by atoms with Gasteiger partial charge in [-0.1, -0.05) is 32.0 Å². The Morgan fingerprint density at radius 2 is 2.13 bits per heavy atom. The monoisotopic (exact) mass is 206 g/mol. The number of rotatable bonds is 3.